The first-order valence-electron chi connectivity index (χ1n) is 7.14. The van der Waals surface area contributed by atoms with Crippen molar-refractivity contribution in [2.45, 2.75) is 13.3 Å². The molecule has 22 heavy (non-hydrogen) atoms. The maximum Gasteiger partial charge on any atom is 0.118 e. The third-order valence-corrected chi connectivity index (χ3v) is 5.77. The molecule has 0 bridgehead atoms. The summed E-state index contributed by atoms with van der Waals surface area (Å²) in [5, 5.41) is 0. The number of hydrogen-bond acceptors (Lipinski definition) is 2. The third kappa shape index (κ3) is 3.26. The van der Waals surface area contributed by atoms with Crippen LogP contribution in [0.5, 0.6) is 5.75 Å². The number of halogens is 1. The number of rotatable bonds is 4. The summed E-state index contributed by atoms with van der Waals surface area (Å²) in [5.41, 5.74) is 3.93. The van der Waals surface area contributed by atoms with Crippen molar-refractivity contribution in [1.29, 1.82) is 0 Å². The van der Waals surface area contributed by atoms with Gasteiger partial charge in [-0.25, -0.2) is 0 Å². The van der Waals surface area contributed by atoms with Gasteiger partial charge in [-0.15, -0.1) is 11.3 Å². The second-order valence-corrected chi connectivity index (χ2v) is 7.22. The highest BCUT2D eigenvalue weighted by atomic mass is 79.9. The molecule has 0 saturated heterocycles. The molecule has 0 aliphatic heterocycles. The van der Waals surface area contributed by atoms with Gasteiger partial charge in [-0.3, -0.25) is 0 Å². The van der Waals surface area contributed by atoms with Gasteiger partial charge in [0.1, 0.15) is 5.75 Å². The van der Waals surface area contributed by atoms with E-state index in [-0.39, 0.29) is 0 Å². The van der Waals surface area contributed by atoms with Gasteiger partial charge in [0, 0.05) is 20.6 Å². The van der Waals surface area contributed by atoms with E-state index in [9.17, 15) is 0 Å². The summed E-state index contributed by atoms with van der Waals surface area (Å²) in [4.78, 5) is 2.68. The lowest BCUT2D eigenvalue weighted by molar-refractivity contribution is 0.415. The molecule has 0 fully saturated rings. The third-order valence-electron chi connectivity index (χ3n) is 3.78. The summed E-state index contributed by atoms with van der Waals surface area (Å²) in [6.45, 7) is 2.16. The predicted octanol–water partition coefficient (Wildman–Crippen LogP) is 6.09. The summed E-state index contributed by atoms with van der Waals surface area (Å²) in [7, 11) is 1.69. The molecule has 1 heterocycles. The summed E-state index contributed by atoms with van der Waals surface area (Å²) >= 11 is 5.46. The standard InChI is InChI=1S/C19H17BrOS/c1-13-15(4-3-5-18(13)20)12-17-10-11-19(22-17)14-6-8-16(21-2)9-7-14/h3-11H,12H2,1-2H3. The van der Waals surface area contributed by atoms with Crippen molar-refractivity contribution in [3.63, 3.8) is 0 Å². The number of thiophene rings is 1. The lowest BCUT2D eigenvalue weighted by Crippen LogP contribution is -1.89. The van der Waals surface area contributed by atoms with Crippen molar-refractivity contribution < 1.29 is 4.74 Å². The highest BCUT2D eigenvalue weighted by Crippen LogP contribution is 2.31. The van der Waals surface area contributed by atoms with Gasteiger partial charge in [-0.05, 0) is 66.1 Å². The van der Waals surface area contributed by atoms with E-state index in [0.717, 1.165) is 12.2 Å². The lowest BCUT2D eigenvalue weighted by atomic mass is 10.1. The molecule has 112 valence electrons. The monoisotopic (exact) mass is 372 g/mol. The quantitative estimate of drug-likeness (QED) is 0.538. The Morgan fingerprint density at radius 1 is 1.00 bits per heavy atom. The first kappa shape index (κ1) is 15.3. The van der Waals surface area contributed by atoms with Crippen LogP contribution in [-0.2, 0) is 6.42 Å². The zero-order valence-corrected chi connectivity index (χ0v) is 15.0. The van der Waals surface area contributed by atoms with Crippen molar-refractivity contribution in [2.75, 3.05) is 7.11 Å². The Hall–Kier alpha value is -1.58. The largest absolute Gasteiger partial charge is 0.497 e. The van der Waals surface area contributed by atoms with Crippen molar-refractivity contribution in [1.82, 2.24) is 0 Å². The van der Waals surface area contributed by atoms with Crippen LogP contribution in [0.15, 0.2) is 59.1 Å². The van der Waals surface area contributed by atoms with Gasteiger partial charge in [0.2, 0.25) is 0 Å². The summed E-state index contributed by atoms with van der Waals surface area (Å²) in [5.74, 6) is 0.894. The van der Waals surface area contributed by atoms with Crippen LogP contribution in [-0.4, -0.2) is 7.11 Å². The van der Waals surface area contributed by atoms with E-state index in [1.807, 2.05) is 23.5 Å². The van der Waals surface area contributed by atoms with Gasteiger partial charge in [0.15, 0.2) is 0 Å². The number of methoxy groups -OCH3 is 1. The second kappa shape index (κ2) is 6.67. The first-order chi connectivity index (χ1) is 10.7. The Balaban J connectivity index is 1.82. The van der Waals surface area contributed by atoms with E-state index >= 15 is 0 Å². The highest BCUT2D eigenvalue weighted by molar-refractivity contribution is 9.10. The number of benzene rings is 2. The SMILES string of the molecule is COc1ccc(-c2ccc(Cc3cccc(Br)c3C)s2)cc1. The summed E-state index contributed by atoms with van der Waals surface area (Å²) in [6, 6.07) is 19.1. The minimum atomic E-state index is 0.894. The average Bonchev–Trinajstić information content (AvgIpc) is 3.00. The topological polar surface area (TPSA) is 9.23 Å². The molecule has 0 spiro atoms. The molecular formula is C19H17BrOS. The van der Waals surface area contributed by atoms with Gasteiger partial charge in [0.25, 0.3) is 0 Å². The minimum Gasteiger partial charge on any atom is -0.497 e. The molecule has 0 aliphatic carbocycles. The fourth-order valence-corrected chi connectivity index (χ4v) is 3.86. The number of ether oxygens (including phenoxy) is 1. The Morgan fingerprint density at radius 3 is 2.50 bits per heavy atom. The Bertz CT molecular complexity index is 774. The van der Waals surface area contributed by atoms with Crippen LogP contribution in [0.3, 0.4) is 0 Å². The smallest absolute Gasteiger partial charge is 0.118 e. The molecule has 0 aliphatic rings. The molecule has 2 aromatic carbocycles. The molecule has 1 aromatic heterocycles. The highest BCUT2D eigenvalue weighted by Gasteiger charge is 2.07. The maximum absolute atomic E-state index is 5.21. The molecule has 0 atom stereocenters. The molecule has 0 saturated carbocycles. The molecule has 3 aromatic rings. The number of hydrogen-bond donors (Lipinski definition) is 0. The van der Waals surface area contributed by atoms with Crippen LogP contribution in [0, 0.1) is 6.92 Å². The molecule has 0 amide bonds. The average molecular weight is 373 g/mol. The fourth-order valence-electron chi connectivity index (χ4n) is 2.41. The minimum absolute atomic E-state index is 0.894. The second-order valence-electron chi connectivity index (χ2n) is 5.20. The van der Waals surface area contributed by atoms with Crippen LogP contribution >= 0.6 is 27.3 Å². The lowest BCUT2D eigenvalue weighted by Gasteiger charge is -2.06. The van der Waals surface area contributed by atoms with Gasteiger partial charge in [0.05, 0.1) is 7.11 Å². The van der Waals surface area contributed by atoms with Gasteiger partial charge in [-0.1, -0.05) is 28.1 Å². The first-order valence-corrected chi connectivity index (χ1v) is 8.75. The Kier molecular flexibility index (Phi) is 4.65. The van der Waals surface area contributed by atoms with E-state index in [1.165, 1.54) is 30.9 Å². The maximum atomic E-state index is 5.21. The molecule has 0 radical (unpaired) electrons. The van der Waals surface area contributed by atoms with Crippen LogP contribution in [0.2, 0.25) is 0 Å². The van der Waals surface area contributed by atoms with Crippen molar-refractivity contribution in [2.24, 2.45) is 0 Å². The van der Waals surface area contributed by atoms with Gasteiger partial charge >= 0.3 is 0 Å². The normalized spacial score (nSPS) is 10.7. The molecule has 0 N–H and O–H groups in total. The van der Waals surface area contributed by atoms with E-state index in [0.29, 0.717) is 0 Å². The van der Waals surface area contributed by atoms with Crippen molar-refractivity contribution in [3.05, 3.63) is 75.1 Å². The predicted molar refractivity (Wildman–Crippen MR) is 98.0 cm³/mol. The summed E-state index contributed by atoms with van der Waals surface area (Å²) < 4.78 is 6.39. The van der Waals surface area contributed by atoms with E-state index < -0.39 is 0 Å². The summed E-state index contributed by atoms with van der Waals surface area (Å²) in [6.07, 6.45) is 0.978. The Labute approximate surface area is 143 Å². The Morgan fingerprint density at radius 2 is 1.77 bits per heavy atom. The fraction of sp³-hybridized carbons (Fsp3) is 0.158. The zero-order chi connectivity index (χ0) is 15.5. The van der Waals surface area contributed by atoms with Crippen LogP contribution in [0.25, 0.3) is 10.4 Å². The van der Waals surface area contributed by atoms with E-state index in [4.69, 9.17) is 4.74 Å². The molecule has 3 rings (SSSR count). The van der Waals surface area contributed by atoms with Crippen LogP contribution in [0.4, 0.5) is 0 Å². The van der Waals surface area contributed by atoms with E-state index in [2.05, 4.69) is 65.3 Å². The van der Waals surface area contributed by atoms with Crippen molar-refractivity contribution in [3.8, 4) is 16.2 Å². The molecule has 3 heteroatoms. The van der Waals surface area contributed by atoms with Crippen LogP contribution < -0.4 is 4.74 Å². The van der Waals surface area contributed by atoms with Crippen molar-refractivity contribution >= 4 is 27.3 Å². The molecule has 0 unspecified atom stereocenters. The zero-order valence-electron chi connectivity index (χ0n) is 12.6. The molecule has 1 nitrogen and oxygen atoms in total. The van der Waals surface area contributed by atoms with Crippen LogP contribution in [0.1, 0.15) is 16.0 Å². The van der Waals surface area contributed by atoms with Gasteiger partial charge in [-0.2, -0.15) is 0 Å². The van der Waals surface area contributed by atoms with Gasteiger partial charge < -0.3 is 4.74 Å². The molecular weight excluding hydrogens is 356 g/mol. The van der Waals surface area contributed by atoms with E-state index in [1.54, 1.807) is 7.11 Å².